The van der Waals surface area contributed by atoms with Gasteiger partial charge in [-0.25, -0.2) is 30.0 Å². The standard InChI is InChI=1S/C24H40N6O10/c1-9-37-21(33)27-29(23(35)39-11-3)19(17(7)31)15(5)25-13-14-26-16(6)20(18(8)32)30(24(36)40-12-4)28-22(34)38-10-2/h19-20H,9-14H2,1-8H3,(H,27,33)(H,28,34). The fourth-order valence-electron chi connectivity index (χ4n) is 3.29. The SMILES string of the molecule is CCOC(=O)NN(C(=O)OCC)C(C(C)=O)C(C)=NCCN=C(C)C(C(C)=O)N(NC(=O)OCC)C(=O)OCC. The summed E-state index contributed by atoms with van der Waals surface area (Å²) in [5.74, 6) is -1.03. The molecule has 2 atom stereocenters. The maximum atomic E-state index is 12.5. The number of hydrogen-bond donors (Lipinski definition) is 2. The molecule has 0 aliphatic rings. The highest BCUT2D eigenvalue weighted by Crippen LogP contribution is 2.08. The number of hydrazine groups is 2. The molecule has 2 unspecified atom stereocenters. The maximum absolute atomic E-state index is 12.5. The minimum absolute atomic E-state index is 0.00163. The van der Waals surface area contributed by atoms with Gasteiger partial charge in [0.25, 0.3) is 0 Å². The van der Waals surface area contributed by atoms with Crippen LogP contribution in [0, 0.1) is 0 Å². The number of nitrogens with one attached hydrogen (secondary N) is 2. The van der Waals surface area contributed by atoms with Gasteiger partial charge in [-0.2, -0.15) is 10.0 Å². The number of rotatable bonds is 13. The first kappa shape index (κ1) is 35.8. The lowest BCUT2D eigenvalue weighted by atomic mass is 10.1. The summed E-state index contributed by atoms with van der Waals surface area (Å²) < 4.78 is 19.5. The normalized spacial score (nSPS) is 12.8. The smallest absolute Gasteiger partial charge is 0.429 e. The Morgan fingerprint density at radius 3 is 1.12 bits per heavy atom. The van der Waals surface area contributed by atoms with Gasteiger partial charge < -0.3 is 18.9 Å². The van der Waals surface area contributed by atoms with Crippen molar-refractivity contribution in [3.63, 3.8) is 0 Å². The lowest BCUT2D eigenvalue weighted by Gasteiger charge is -2.29. The van der Waals surface area contributed by atoms with Crippen molar-refractivity contribution in [1.82, 2.24) is 20.9 Å². The van der Waals surface area contributed by atoms with Crippen LogP contribution in [0.5, 0.6) is 0 Å². The van der Waals surface area contributed by atoms with Crippen molar-refractivity contribution in [1.29, 1.82) is 0 Å². The van der Waals surface area contributed by atoms with Crippen LogP contribution in [0.4, 0.5) is 19.2 Å². The van der Waals surface area contributed by atoms with E-state index in [1.807, 2.05) is 0 Å². The summed E-state index contributed by atoms with van der Waals surface area (Å²) in [7, 11) is 0. The zero-order chi connectivity index (χ0) is 30.8. The average molecular weight is 573 g/mol. The van der Waals surface area contributed by atoms with Crippen LogP contribution in [-0.2, 0) is 28.5 Å². The number of carbonyl (C=O) groups is 6. The lowest BCUT2D eigenvalue weighted by Crippen LogP contribution is -2.57. The second-order valence-corrected chi connectivity index (χ2v) is 7.87. The second-order valence-electron chi connectivity index (χ2n) is 7.87. The molecule has 0 aromatic heterocycles. The van der Waals surface area contributed by atoms with E-state index in [0.29, 0.717) is 10.0 Å². The van der Waals surface area contributed by atoms with Crippen molar-refractivity contribution in [3.8, 4) is 0 Å². The van der Waals surface area contributed by atoms with Crippen LogP contribution in [0.25, 0.3) is 0 Å². The zero-order valence-corrected chi connectivity index (χ0v) is 24.3. The Balaban J connectivity index is 5.91. The minimum atomic E-state index is -1.30. The summed E-state index contributed by atoms with van der Waals surface area (Å²) in [6, 6.07) is -2.60. The van der Waals surface area contributed by atoms with E-state index in [9.17, 15) is 28.8 Å². The minimum Gasteiger partial charge on any atom is -0.449 e. The molecule has 0 heterocycles. The van der Waals surface area contributed by atoms with E-state index in [4.69, 9.17) is 18.9 Å². The van der Waals surface area contributed by atoms with E-state index >= 15 is 0 Å². The summed E-state index contributed by atoms with van der Waals surface area (Å²) in [4.78, 5) is 82.3. The highest BCUT2D eigenvalue weighted by molar-refractivity contribution is 6.09. The highest BCUT2D eigenvalue weighted by atomic mass is 16.6. The Morgan fingerprint density at radius 1 is 0.575 bits per heavy atom. The molecule has 0 aliphatic carbocycles. The molecule has 0 spiro atoms. The molecule has 0 aromatic rings. The molecule has 16 heteroatoms. The van der Waals surface area contributed by atoms with Crippen LogP contribution in [0.1, 0.15) is 55.4 Å². The fraction of sp³-hybridized carbons (Fsp3) is 0.667. The predicted molar refractivity (Wildman–Crippen MR) is 143 cm³/mol. The molecule has 0 saturated carbocycles. The number of carbonyl (C=O) groups excluding carboxylic acids is 6. The molecule has 16 nitrogen and oxygen atoms in total. The van der Waals surface area contributed by atoms with Gasteiger partial charge in [-0.05, 0) is 55.4 Å². The Kier molecular flexibility index (Phi) is 16.9. The van der Waals surface area contributed by atoms with Gasteiger partial charge >= 0.3 is 24.4 Å². The van der Waals surface area contributed by atoms with E-state index in [-0.39, 0.29) is 50.9 Å². The van der Waals surface area contributed by atoms with Gasteiger partial charge in [0.05, 0.1) is 39.5 Å². The summed E-state index contributed by atoms with van der Waals surface area (Å²) >= 11 is 0. The number of ether oxygens (including phenoxy) is 4. The molecular formula is C24H40N6O10. The van der Waals surface area contributed by atoms with Crippen LogP contribution in [0.3, 0.4) is 0 Å². The third kappa shape index (κ3) is 12.1. The van der Waals surface area contributed by atoms with E-state index in [2.05, 4.69) is 20.8 Å². The molecule has 0 radical (unpaired) electrons. The van der Waals surface area contributed by atoms with Crippen LogP contribution >= 0.6 is 0 Å². The van der Waals surface area contributed by atoms with Gasteiger partial charge in [-0.1, -0.05) is 0 Å². The van der Waals surface area contributed by atoms with Crippen molar-refractivity contribution in [3.05, 3.63) is 0 Å². The molecule has 4 amide bonds. The summed E-state index contributed by atoms with van der Waals surface area (Å²) in [5.41, 5.74) is 4.71. The number of nitrogens with zero attached hydrogens (tertiary/aromatic N) is 4. The average Bonchev–Trinajstić information content (AvgIpc) is 2.86. The number of hydrogen-bond acceptors (Lipinski definition) is 12. The van der Waals surface area contributed by atoms with Gasteiger partial charge in [0.1, 0.15) is 0 Å². The maximum Gasteiger partial charge on any atom is 0.429 e. The Hall–Kier alpha value is -4.24. The van der Waals surface area contributed by atoms with Crippen molar-refractivity contribution < 1.29 is 47.7 Å². The Labute approximate surface area is 233 Å². The van der Waals surface area contributed by atoms with Crippen LogP contribution < -0.4 is 10.9 Å². The largest absolute Gasteiger partial charge is 0.449 e. The predicted octanol–water partition coefficient (Wildman–Crippen LogP) is 2.06. The van der Waals surface area contributed by atoms with Crippen LogP contribution in [0.2, 0.25) is 0 Å². The summed E-state index contributed by atoms with van der Waals surface area (Å²) in [6.45, 7) is 11.7. The topological polar surface area (TPSA) is 195 Å². The first-order valence-corrected chi connectivity index (χ1v) is 12.7. The van der Waals surface area contributed by atoms with E-state index in [1.165, 1.54) is 27.7 Å². The fourth-order valence-corrected chi connectivity index (χ4v) is 3.29. The third-order valence-corrected chi connectivity index (χ3v) is 4.80. The Morgan fingerprint density at radius 2 is 0.875 bits per heavy atom. The zero-order valence-electron chi connectivity index (χ0n) is 24.3. The molecule has 226 valence electrons. The molecule has 0 aromatic carbocycles. The van der Waals surface area contributed by atoms with Crippen molar-refractivity contribution in [2.45, 2.75) is 67.5 Å². The van der Waals surface area contributed by atoms with Crippen molar-refractivity contribution in [2.24, 2.45) is 9.98 Å². The molecule has 2 N–H and O–H groups in total. The van der Waals surface area contributed by atoms with Gasteiger partial charge in [-0.3, -0.25) is 19.6 Å². The first-order chi connectivity index (χ1) is 18.9. The van der Waals surface area contributed by atoms with Crippen molar-refractivity contribution >= 4 is 47.4 Å². The second kappa shape index (κ2) is 18.9. The molecule has 40 heavy (non-hydrogen) atoms. The van der Waals surface area contributed by atoms with Crippen LogP contribution in [0.15, 0.2) is 9.98 Å². The van der Waals surface area contributed by atoms with Gasteiger partial charge in [-0.15, -0.1) is 0 Å². The number of amides is 4. The van der Waals surface area contributed by atoms with E-state index < -0.39 is 48.0 Å². The number of ketones is 2. The van der Waals surface area contributed by atoms with Crippen molar-refractivity contribution in [2.75, 3.05) is 39.5 Å². The van der Waals surface area contributed by atoms with Gasteiger partial charge in [0.15, 0.2) is 23.7 Å². The van der Waals surface area contributed by atoms with Gasteiger partial charge in [0.2, 0.25) is 0 Å². The highest BCUT2D eigenvalue weighted by Gasteiger charge is 2.34. The Bertz CT molecular complexity index is 892. The molecular weight excluding hydrogens is 532 g/mol. The molecule has 0 aliphatic heterocycles. The van der Waals surface area contributed by atoms with E-state index in [1.54, 1.807) is 27.7 Å². The number of Topliss-reactive ketones (excluding diaryl/α,β-unsaturated/α-hetero) is 2. The third-order valence-electron chi connectivity index (χ3n) is 4.80. The lowest BCUT2D eigenvalue weighted by molar-refractivity contribution is -0.121. The first-order valence-electron chi connectivity index (χ1n) is 12.7. The quantitative estimate of drug-likeness (QED) is 0.143. The van der Waals surface area contributed by atoms with Gasteiger partial charge in [0, 0.05) is 11.4 Å². The molecule has 0 bridgehead atoms. The summed E-state index contributed by atoms with van der Waals surface area (Å²) in [5, 5.41) is 1.39. The molecule has 0 fully saturated rings. The molecule has 0 saturated heterocycles. The summed E-state index contributed by atoms with van der Waals surface area (Å²) in [6.07, 6.45) is -3.91. The van der Waals surface area contributed by atoms with E-state index in [0.717, 1.165) is 0 Å². The number of aliphatic imine (C=N–C) groups is 2. The monoisotopic (exact) mass is 572 g/mol. The molecule has 0 rings (SSSR count). The van der Waals surface area contributed by atoms with Crippen LogP contribution in [-0.4, -0.2) is 109 Å².